The van der Waals surface area contributed by atoms with E-state index in [-0.39, 0.29) is 36.0 Å². The molecule has 0 aliphatic carbocycles. The molecule has 2 fully saturated rings. The molecule has 2 aliphatic heterocycles. The van der Waals surface area contributed by atoms with Gasteiger partial charge in [0.15, 0.2) is 5.78 Å². The van der Waals surface area contributed by atoms with Crippen molar-refractivity contribution in [2.45, 2.75) is 31.7 Å². The summed E-state index contributed by atoms with van der Waals surface area (Å²) in [6, 6.07) is 9.38. The second kappa shape index (κ2) is 8.31. The van der Waals surface area contributed by atoms with Crippen molar-refractivity contribution in [1.82, 2.24) is 9.80 Å². The van der Waals surface area contributed by atoms with Crippen LogP contribution >= 0.6 is 0 Å². The summed E-state index contributed by atoms with van der Waals surface area (Å²) in [6.45, 7) is 2.87. The molecule has 1 aromatic rings. The molecular formula is C19H26N2O4S. The highest BCUT2D eigenvalue weighted by Crippen LogP contribution is 2.20. The predicted molar refractivity (Wildman–Crippen MR) is 99.8 cm³/mol. The van der Waals surface area contributed by atoms with Crippen LogP contribution in [0.15, 0.2) is 30.3 Å². The zero-order valence-electron chi connectivity index (χ0n) is 15.0. The van der Waals surface area contributed by atoms with Crippen LogP contribution < -0.4 is 0 Å². The lowest BCUT2D eigenvalue weighted by Crippen LogP contribution is -2.53. The molecule has 2 heterocycles. The Morgan fingerprint density at radius 2 is 1.54 bits per heavy atom. The Morgan fingerprint density at radius 1 is 0.923 bits per heavy atom. The van der Waals surface area contributed by atoms with Gasteiger partial charge in [0.2, 0.25) is 5.91 Å². The average molecular weight is 378 g/mol. The Bertz CT molecular complexity index is 726. The van der Waals surface area contributed by atoms with Crippen LogP contribution in [0.25, 0.3) is 0 Å². The lowest BCUT2D eigenvalue weighted by atomic mass is 10.1. The van der Waals surface area contributed by atoms with E-state index in [2.05, 4.69) is 4.90 Å². The Kier molecular flexibility index (Phi) is 6.09. The van der Waals surface area contributed by atoms with Gasteiger partial charge in [-0.1, -0.05) is 30.3 Å². The summed E-state index contributed by atoms with van der Waals surface area (Å²) in [6.07, 6.45) is 1.88. The first-order valence-electron chi connectivity index (χ1n) is 9.25. The van der Waals surface area contributed by atoms with Crippen molar-refractivity contribution in [3.63, 3.8) is 0 Å². The molecule has 0 spiro atoms. The molecule has 26 heavy (non-hydrogen) atoms. The first kappa shape index (κ1) is 19.0. The van der Waals surface area contributed by atoms with Crippen molar-refractivity contribution >= 4 is 21.5 Å². The molecule has 0 N–H and O–H groups in total. The third-order valence-corrected chi connectivity index (χ3v) is 7.08. The number of rotatable bonds is 5. The number of piperazine rings is 1. The fraction of sp³-hybridized carbons (Fsp3) is 0.579. The molecule has 1 aromatic carbocycles. The molecule has 0 bridgehead atoms. The van der Waals surface area contributed by atoms with Crippen LogP contribution in [0.1, 0.15) is 36.0 Å². The zero-order valence-corrected chi connectivity index (χ0v) is 15.8. The normalized spacial score (nSPS) is 21.5. The summed E-state index contributed by atoms with van der Waals surface area (Å²) < 4.78 is 23.1. The molecule has 142 valence electrons. The number of hydrogen-bond acceptors (Lipinski definition) is 5. The molecule has 0 aromatic heterocycles. The standard InChI is InChI=1S/C19H26N2O4S/c22-18(16-4-2-1-3-5-16)6-7-19(23)21-12-10-20(11-13-21)17-8-14-26(24,25)15-9-17/h1-5,17H,6-15H2. The Labute approximate surface area is 155 Å². The second-order valence-electron chi connectivity index (χ2n) is 7.09. The number of Topliss-reactive ketones (excluding diaryl/α,β-unsaturated/α-hetero) is 1. The quantitative estimate of drug-likeness (QED) is 0.724. The maximum absolute atomic E-state index is 12.4. The lowest BCUT2D eigenvalue weighted by Gasteiger charge is -2.40. The van der Waals surface area contributed by atoms with Crippen molar-refractivity contribution in [2.24, 2.45) is 0 Å². The third-order valence-electron chi connectivity index (χ3n) is 5.37. The summed E-state index contributed by atoms with van der Waals surface area (Å²) in [7, 11) is -2.84. The van der Waals surface area contributed by atoms with E-state index in [0.717, 1.165) is 13.1 Å². The Morgan fingerprint density at radius 3 is 2.15 bits per heavy atom. The molecular weight excluding hydrogens is 352 g/mol. The molecule has 3 rings (SSSR count). The van der Waals surface area contributed by atoms with Gasteiger partial charge < -0.3 is 4.90 Å². The van der Waals surface area contributed by atoms with Crippen molar-refractivity contribution in [3.05, 3.63) is 35.9 Å². The highest BCUT2D eigenvalue weighted by Gasteiger charge is 2.30. The summed E-state index contributed by atoms with van der Waals surface area (Å²) >= 11 is 0. The molecule has 2 saturated heterocycles. The first-order valence-corrected chi connectivity index (χ1v) is 11.1. The Hall–Kier alpha value is -1.73. The van der Waals surface area contributed by atoms with Gasteiger partial charge in [-0.05, 0) is 12.8 Å². The van der Waals surface area contributed by atoms with Crippen LogP contribution in [0.3, 0.4) is 0 Å². The van der Waals surface area contributed by atoms with Gasteiger partial charge in [0.05, 0.1) is 11.5 Å². The Balaban J connectivity index is 1.42. The van der Waals surface area contributed by atoms with E-state index in [9.17, 15) is 18.0 Å². The van der Waals surface area contributed by atoms with E-state index in [0.29, 0.717) is 37.5 Å². The smallest absolute Gasteiger partial charge is 0.223 e. The van der Waals surface area contributed by atoms with Crippen molar-refractivity contribution in [1.29, 1.82) is 0 Å². The maximum Gasteiger partial charge on any atom is 0.223 e. The van der Waals surface area contributed by atoms with Crippen molar-refractivity contribution in [3.8, 4) is 0 Å². The highest BCUT2D eigenvalue weighted by molar-refractivity contribution is 7.91. The number of ketones is 1. The largest absolute Gasteiger partial charge is 0.340 e. The van der Waals surface area contributed by atoms with Gasteiger partial charge in [0.25, 0.3) is 0 Å². The number of benzene rings is 1. The molecule has 0 unspecified atom stereocenters. The number of nitrogens with zero attached hydrogens (tertiary/aromatic N) is 2. The molecule has 0 radical (unpaired) electrons. The minimum Gasteiger partial charge on any atom is -0.340 e. The fourth-order valence-corrected chi connectivity index (χ4v) is 5.19. The SMILES string of the molecule is O=C(CCC(=O)N1CCN(C2CCS(=O)(=O)CC2)CC1)c1ccccc1. The van der Waals surface area contributed by atoms with Crippen molar-refractivity contribution < 1.29 is 18.0 Å². The minimum absolute atomic E-state index is 0.000927. The zero-order chi connectivity index (χ0) is 18.6. The van der Waals surface area contributed by atoms with Crippen LogP contribution in [0.5, 0.6) is 0 Å². The topological polar surface area (TPSA) is 74.8 Å². The molecule has 0 saturated carbocycles. The molecule has 0 atom stereocenters. The molecule has 6 nitrogen and oxygen atoms in total. The van der Waals surface area contributed by atoms with Crippen LogP contribution in [0, 0.1) is 0 Å². The van der Waals surface area contributed by atoms with Gasteiger partial charge in [-0.2, -0.15) is 0 Å². The van der Waals surface area contributed by atoms with Gasteiger partial charge in [-0.3, -0.25) is 14.5 Å². The lowest BCUT2D eigenvalue weighted by molar-refractivity contribution is -0.133. The van der Waals surface area contributed by atoms with Gasteiger partial charge in [-0.15, -0.1) is 0 Å². The van der Waals surface area contributed by atoms with Crippen LogP contribution in [-0.2, 0) is 14.6 Å². The van der Waals surface area contributed by atoms with Gasteiger partial charge in [0, 0.05) is 50.6 Å². The van der Waals surface area contributed by atoms with E-state index < -0.39 is 9.84 Å². The predicted octanol–water partition coefficient (Wildman–Crippen LogP) is 1.37. The number of amides is 1. The van der Waals surface area contributed by atoms with E-state index in [4.69, 9.17) is 0 Å². The maximum atomic E-state index is 12.4. The van der Waals surface area contributed by atoms with Gasteiger partial charge in [0.1, 0.15) is 9.84 Å². The number of sulfone groups is 1. The molecule has 2 aliphatic rings. The van der Waals surface area contributed by atoms with Crippen LogP contribution in [0.2, 0.25) is 0 Å². The summed E-state index contributed by atoms with van der Waals surface area (Å²) in [5.74, 6) is 0.581. The van der Waals surface area contributed by atoms with Crippen molar-refractivity contribution in [2.75, 3.05) is 37.7 Å². The third kappa shape index (κ3) is 4.92. The molecule has 7 heteroatoms. The van der Waals surface area contributed by atoms with Gasteiger partial charge >= 0.3 is 0 Å². The van der Waals surface area contributed by atoms with E-state index in [1.165, 1.54) is 0 Å². The number of carbonyl (C=O) groups excluding carboxylic acids is 2. The fourth-order valence-electron chi connectivity index (χ4n) is 3.73. The first-order chi connectivity index (χ1) is 12.4. The highest BCUT2D eigenvalue weighted by atomic mass is 32.2. The van der Waals surface area contributed by atoms with Gasteiger partial charge in [-0.25, -0.2) is 8.42 Å². The van der Waals surface area contributed by atoms with E-state index >= 15 is 0 Å². The number of hydrogen-bond donors (Lipinski definition) is 0. The monoisotopic (exact) mass is 378 g/mol. The van der Waals surface area contributed by atoms with Crippen LogP contribution in [0.4, 0.5) is 0 Å². The van der Waals surface area contributed by atoms with E-state index in [1.54, 1.807) is 12.1 Å². The minimum atomic E-state index is -2.84. The second-order valence-corrected chi connectivity index (χ2v) is 9.39. The van der Waals surface area contributed by atoms with Crippen LogP contribution in [-0.4, -0.2) is 73.6 Å². The number of carbonyl (C=O) groups is 2. The molecule has 1 amide bonds. The summed E-state index contributed by atoms with van der Waals surface area (Å²) in [5.41, 5.74) is 0.650. The summed E-state index contributed by atoms with van der Waals surface area (Å²) in [4.78, 5) is 28.6. The average Bonchev–Trinajstić information content (AvgIpc) is 2.66. The van der Waals surface area contributed by atoms with E-state index in [1.807, 2.05) is 23.1 Å². The summed E-state index contributed by atoms with van der Waals surface area (Å²) in [5, 5.41) is 0.